The Kier molecular flexibility index (Phi) is 4.50. The van der Waals surface area contributed by atoms with Gasteiger partial charge in [-0.1, -0.05) is 70.2 Å². The Bertz CT molecular complexity index is 750. The van der Waals surface area contributed by atoms with Crippen LogP contribution in [0.1, 0.15) is 15.9 Å². The summed E-state index contributed by atoms with van der Waals surface area (Å²) in [5.74, 6) is 0.0282. The Hall–Kier alpha value is -1.78. The van der Waals surface area contributed by atoms with Gasteiger partial charge < -0.3 is 4.90 Å². The van der Waals surface area contributed by atoms with E-state index in [0.29, 0.717) is 5.56 Å². The first-order valence-electron chi connectivity index (χ1n) is 6.83. The normalized spacial score (nSPS) is 16.0. The number of nitrogens with zero attached hydrogens (tertiary/aromatic N) is 1. The van der Waals surface area contributed by atoms with Crippen LogP contribution in [0.25, 0.3) is 5.70 Å². The lowest BCUT2D eigenvalue weighted by Crippen LogP contribution is -2.11. The molecule has 3 rings (SSSR count). The molecule has 2 aromatic rings. The molecular formula is C18H14BrNOS. The van der Waals surface area contributed by atoms with E-state index in [0.717, 1.165) is 20.8 Å². The van der Waals surface area contributed by atoms with Crippen LogP contribution in [0.3, 0.4) is 0 Å². The topological polar surface area (TPSA) is 20.3 Å². The number of halogens is 1. The second kappa shape index (κ2) is 6.55. The molecule has 2 aromatic carbocycles. The molecule has 0 aliphatic carbocycles. The number of hydrogen-bond acceptors (Lipinski definition) is 3. The van der Waals surface area contributed by atoms with Crippen molar-refractivity contribution in [3.05, 3.63) is 86.7 Å². The number of carbonyl (C=O) groups excluding carboxylic acids is 1. The highest BCUT2D eigenvalue weighted by atomic mass is 79.9. The molecule has 1 heterocycles. The summed E-state index contributed by atoms with van der Waals surface area (Å²) in [7, 11) is 1.98. The van der Waals surface area contributed by atoms with E-state index >= 15 is 0 Å². The lowest BCUT2D eigenvalue weighted by atomic mass is 10.1. The predicted molar refractivity (Wildman–Crippen MR) is 96.3 cm³/mol. The Morgan fingerprint density at radius 1 is 1.09 bits per heavy atom. The predicted octanol–water partition coefficient (Wildman–Crippen LogP) is 5.15. The number of carbonyl (C=O) groups is 1. The number of ketones is 1. The van der Waals surface area contributed by atoms with E-state index in [-0.39, 0.29) is 5.78 Å². The van der Waals surface area contributed by atoms with Gasteiger partial charge in [-0.3, -0.25) is 4.79 Å². The minimum atomic E-state index is 0.0282. The zero-order valence-corrected chi connectivity index (χ0v) is 14.4. The minimum Gasteiger partial charge on any atom is -0.338 e. The molecule has 0 aromatic heterocycles. The molecule has 0 atom stereocenters. The molecule has 0 fully saturated rings. The number of hydrogen-bond donors (Lipinski definition) is 0. The smallest absolute Gasteiger partial charge is 0.188 e. The maximum atomic E-state index is 12.3. The second-order valence-electron chi connectivity index (χ2n) is 4.90. The molecule has 4 heteroatoms. The molecule has 0 N–H and O–H groups in total. The maximum absolute atomic E-state index is 12.3. The van der Waals surface area contributed by atoms with Crippen LogP contribution in [0.4, 0.5) is 0 Å². The fraction of sp³-hybridized carbons (Fsp3) is 0.0556. The number of allylic oxidation sites excluding steroid dienone is 1. The second-order valence-corrected chi connectivity index (χ2v) is 6.71. The quantitative estimate of drug-likeness (QED) is 0.549. The monoisotopic (exact) mass is 371 g/mol. The zero-order valence-electron chi connectivity index (χ0n) is 12.0. The molecular weight excluding hydrogens is 358 g/mol. The van der Waals surface area contributed by atoms with Gasteiger partial charge in [0.05, 0.1) is 10.7 Å². The highest BCUT2D eigenvalue weighted by molar-refractivity contribution is 9.10. The van der Waals surface area contributed by atoms with Crippen LogP contribution >= 0.6 is 27.7 Å². The van der Waals surface area contributed by atoms with E-state index in [2.05, 4.69) is 38.4 Å². The van der Waals surface area contributed by atoms with Crippen LogP contribution in [0, 0.1) is 0 Å². The van der Waals surface area contributed by atoms with Crippen molar-refractivity contribution in [2.45, 2.75) is 0 Å². The summed E-state index contributed by atoms with van der Waals surface area (Å²) < 4.78 is 1.06. The third-order valence-corrected chi connectivity index (χ3v) is 4.94. The maximum Gasteiger partial charge on any atom is 0.188 e. The van der Waals surface area contributed by atoms with Crippen molar-refractivity contribution in [3.8, 4) is 0 Å². The van der Waals surface area contributed by atoms with Crippen LogP contribution in [0.5, 0.6) is 0 Å². The van der Waals surface area contributed by atoms with E-state index < -0.39 is 0 Å². The average molecular weight is 372 g/mol. The van der Waals surface area contributed by atoms with Gasteiger partial charge in [0.1, 0.15) is 0 Å². The Labute approximate surface area is 142 Å². The highest BCUT2D eigenvalue weighted by Gasteiger charge is 2.20. The first-order chi connectivity index (χ1) is 10.6. The first-order valence-corrected chi connectivity index (χ1v) is 8.50. The summed E-state index contributed by atoms with van der Waals surface area (Å²) in [5, 5.41) is 3.01. The summed E-state index contributed by atoms with van der Waals surface area (Å²) in [5.41, 5.74) is 2.94. The van der Waals surface area contributed by atoms with E-state index in [9.17, 15) is 4.79 Å². The molecule has 0 bridgehead atoms. The van der Waals surface area contributed by atoms with Crippen molar-refractivity contribution in [1.29, 1.82) is 0 Å². The molecule has 2 nitrogen and oxygen atoms in total. The fourth-order valence-electron chi connectivity index (χ4n) is 2.20. The van der Waals surface area contributed by atoms with Gasteiger partial charge in [-0.05, 0) is 17.7 Å². The Balaban J connectivity index is 1.80. The SMILES string of the molecule is CN1C(c2ccc(Br)cc2)=CS/C1=C/C(=O)c1ccccc1. The molecule has 1 aliphatic rings. The molecule has 110 valence electrons. The van der Waals surface area contributed by atoms with E-state index in [1.165, 1.54) is 0 Å². The molecule has 0 spiro atoms. The third kappa shape index (κ3) is 3.18. The van der Waals surface area contributed by atoms with Gasteiger partial charge in [0.15, 0.2) is 5.78 Å². The van der Waals surface area contributed by atoms with Crippen LogP contribution in [0.15, 0.2) is 75.6 Å². The summed E-state index contributed by atoms with van der Waals surface area (Å²) in [6, 6.07) is 17.5. The number of rotatable bonds is 3. The average Bonchev–Trinajstić information content (AvgIpc) is 2.90. The summed E-state index contributed by atoms with van der Waals surface area (Å²) >= 11 is 5.02. The Morgan fingerprint density at radius 2 is 1.77 bits per heavy atom. The number of benzene rings is 2. The minimum absolute atomic E-state index is 0.0282. The molecule has 0 saturated heterocycles. The van der Waals surface area contributed by atoms with E-state index in [1.807, 2.05) is 49.5 Å². The standard InChI is InChI=1S/C18H14BrNOS/c1-20-16(13-7-9-15(19)10-8-13)12-22-18(20)11-17(21)14-5-3-2-4-6-14/h2-12H,1H3/b18-11+. The zero-order chi connectivity index (χ0) is 15.5. The molecule has 0 saturated carbocycles. The molecule has 0 unspecified atom stereocenters. The lowest BCUT2D eigenvalue weighted by Gasteiger charge is -2.17. The van der Waals surface area contributed by atoms with Gasteiger partial charge in [0, 0.05) is 28.6 Å². The number of thioether (sulfide) groups is 1. The van der Waals surface area contributed by atoms with Gasteiger partial charge in [-0.15, -0.1) is 0 Å². The third-order valence-electron chi connectivity index (χ3n) is 3.44. The summed E-state index contributed by atoms with van der Waals surface area (Å²) in [4.78, 5) is 14.3. The van der Waals surface area contributed by atoms with Crippen LogP contribution < -0.4 is 0 Å². The Morgan fingerprint density at radius 3 is 2.45 bits per heavy atom. The van der Waals surface area contributed by atoms with Gasteiger partial charge in [0.25, 0.3) is 0 Å². The molecule has 1 aliphatic heterocycles. The van der Waals surface area contributed by atoms with Gasteiger partial charge in [-0.25, -0.2) is 0 Å². The fourth-order valence-corrected chi connectivity index (χ4v) is 3.43. The van der Waals surface area contributed by atoms with Crippen molar-refractivity contribution < 1.29 is 4.79 Å². The van der Waals surface area contributed by atoms with Crippen molar-refractivity contribution in [2.24, 2.45) is 0 Å². The van der Waals surface area contributed by atoms with Crippen molar-refractivity contribution in [3.63, 3.8) is 0 Å². The van der Waals surface area contributed by atoms with E-state index in [4.69, 9.17) is 0 Å². The molecule has 0 amide bonds. The van der Waals surface area contributed by atoms with Gasteiger partial charge in [0.2, 0.25) is 0 Å². The van der Waals surface area contributed by atoms with Crippen LogP contribution in [-0.4, -0.2) is 17.7 Å². The largest absolute Gasteiger partial charge is 0.338 e. The lowest BCUT2D eigenvalue weighted by molar-refractivity contribution is 0.104. The van der Waals surface area contributed by atoms with Crippen molar-refractivity contribution >= 4 is 39.2 Å². The van der Waals surface area contributed by atoms with Gasteiger partial charge >= 0.3 is 0 Å². The van der Waals surface area contributed by atoms with Gasteiger partial charge in [-0.2, -0.15) is 0 Å². The highest BCUT2D eigenvalue weighted by Crippen LogP contribution is 2.38. The van der Waals surface area contributed by atoms with Crippen LogP contribution in [-0.2, 0) is 0 Å². The molecule has 0 radical (unpaired) electrons. The van der Waals surface area contributed by atoms with E-state index in [1.54, 1.807) is 17.8 Å². The summed E-state index contributed by atoms with van der Waals surface area (Å²) in [6.07, 6.45) is 1.70. The van der Waals surface area contributed by atoms with Crippen LogP contribution in [0.2, 0.25) is 0 Å². The first kappa shape index (κ1) is 15.1. The van der Waals surface area contributed by atoms with Crippen molar-refractivity contribution in [1.82, 2.24) is 4.90 Å². The summed E-state index contributed by atoms with van der Waals surface area (Å²) in [6.45, 7) is 0. The van der Waals surface area contributed by atoms with Crippen molar-refractivity contribution in [2.75, 3.05) is 7.05 Å². The molecule has 22 heavy (non-hydrogen) atoms.